The number of hydrogen-bond donors (Lipinski definition) is 1. The van der Waals surface area contributed by atoms with Crippen molar-refractivity contribution in [3.05, 3.63) is 44.7 Å². The molecule has 1 aromatic carbocycles. The van der Waals surface area contributed by atoms with Gasteiger partial charge in [-0.25, -0.2) is 8.42 Å². The molecule has 0 aliphatic rings. The van der Waals surface area contributed by atoms with Gasteiger partial charge in [-0.1, -0.05) is 29.8 Å². The van der Waals surface area contributed by atoms with Crippen molar-refractivity contribution in [2.75, 3.05) is 18.4 Å². The van der Waals surface area contributed by atoms with Gasteiger partial charge in [-0.2, -0.15) is 0 Å². The molecule has 8 heteroatoms. The van der Waals surface area contributed by atoms with Gasteiger partial charge in [-0.3, -0.25) is 4.72 Å². The summed E-state index contributed by atoms with van der Waals surface area (Å²) in [7, 11) is -2.04. The number of methoxy groups -OCH3 is 1. The SMILES string of the molecule is COCCc1ccccc1NS(=O)(=O)c1cc(Cl)c(Br)s1. The highest BCUT2D eigenvalue weighted by molar-refractivity contribution is 9.11. The Kier molecular flexibility index (Phi) is 5.67. The summed E-state index contributed by atoms with van der Waals surface area (Å²) in [5, 5.41) is 0.382. The average Bonchev–Trinajstić information content (AvgIpc) is 2.78. The molecule has 0 radical (unpaired) electrons. The van der Waals surface area contributed by atoms with Crippen molar-refractivity contribution in [1.29, 1.82) is 0 Å². The van der Waals surface area contributed by atoms with Crippen molar-refractivity contribution in [3.8, 4) is 0 Å². The number of benzene rings is 1. The second-order valence-corrected chi connectivity index (χ2v) is 8.88. The number of anilines is 1. The predicted octanol–water partition coefficient (Wildman–Crippen LogP) is 4.15. The molecule has 1 heterocycles. The maximum Gasteiger partial charge on any atom is 0.271 e. The zero-order chi connectivity index (χ0) is 15.5. The first-order valence-electron chi connectivity index (χ1n) is 5.98. The zero-order valence-electron chi connectivity index (χ0n) is 11.1. The van der Waals surface area contributed by atoms with E-state index in [0.29, 0.717) is 27.5 Å². The van der Waals surface area contributed by atoms with Crippen molar-refractivity contribution in [3.63, 3.8) is 0 Å². The molecule has 0 amide bonds. The number of nitrogens with one attached hydrogen (secondary N) is 1. The van der Waals surface area contributed by atoms with Crippen LogP contribution in [0.3, 0.4) is 0 Å². The molecule has 0 fully saturated rings. The Morgan fingerprint density at radius 2 is 2.10 bits per heavy atom. The van der Waals surface area contributed by atoms with Crippen LogP contribution in [0.1, 0.15) is 5.56 Å². The normalized spacial score (nSPS) is 11.6. The summed E-state index contributed by atoms with van der Waals surface area (Å²) in [6, 6.07) is 8.67. The van der Waals surface area contributed by atoms with E-state index < -0.39 is 10.0 Å². The topological polar surface area (TPSA) is 55.4 Å². The first-order valence-corrected chi connectivity index (χ1v) is 9.45. The summed E-state index contributed by atoms with van der Waals surface area (Å²) in [4.78, 5) is 0. The van der Waals surface area contributed by atoms with Gasteiger partial charge in [0.15, 0.2) is 0 Å². The van der Waals surface area contributed by atoms with Crippen molar-refractivity contribution < 1.29 is 13.2 Å². The van der Waals surface area contributed by atoms with Gasteiger partial charge in [0.1, 0.15) is 4.21 Å². The van der Waals surface area contributed by atoms with Gasteiger partial charge >= 0.3 is 0 Å². The Labute approximate surface area is 141 Å². The molecular formula is C13H13BrClNO3S2. The van der Waals surface area contributed by atoms with Crippen molar-refractivity contribution in [2.45, 2.75) is 10.6 Å². The van der Waals surface area contributed by atoms with E-state index in [-0.39, 0.29) is 4.21 Å². The van der Waals surface area contributed by atoms with Crippen LogP contribution in [0.2, 0.25) is 5.02 Å². The van der Waals surface area contributed by atoms with Crippen molar-refractivity contribution in [1.82, 2.24) is 0 Å². The summed E-state index contributed by atoms with van der Waals surface area (Å²) >= 11 is 10.2. The molecule has 0 bridgehead atoms. The average molecular weight is 411 g/mol. The number of hydrogen-bond acceptors (Lipinski definition) is 4. The van der Waals surface area contributed by atoms with E-state index in [1.54, 1.807) is 19.2 Å². The second kappa shape index (κ2) is 7.11. The molecule has 0 atom stereocenters. The molecule has 1 N–H and O–H groups in total. The Hall–Kier alpha value is -0.600. The molecule has 0 saturated heterocycles. The number of rotatable bonds is 6. The summed E-state index contributed by atoms with van der Waals surface area (Å²) < 4.78 is 33.2. The Morgan fingerprint density at radius 1 is 1.38 bits per heavy atom. The molecule has 2 aromatic rings. The fourth-order valence-electron chi connectivity index (χ4n) is 1.70. The highest BCUT2D eigenvalue weighted by Gasteiger charge is 2.20. The molecule has 0 saturated carbocycles. The van der Waals surface area contributed by atoms with E-state index in [9.17, 15) is 8.42 Å². The van der Waals surface area contributed by atoms with Crippen LogP contribution in [0.15, 0.2) is 38.3 Å². The largest absolute Gasteiger partial charge is 0.384 e. The Bertz CT molecular complexity index is 711. The van der Waals surface area contributed by atoms with Crippen LogP contribution in [-0.2, 0) is 21.2 Å². The smallest absolute Gasteiger partial charge is 0.271 e. The van der Waals surface area contributed by atoms with Gasteiger partial charge in [-0.15, -0.1) is 11.3 Å². The first kappa shape index (κ1) is 16.8. The van der Waals surface area contributed by atoms with Gasteiger partial charge in [0.2, 0.25) is 0 Å². The van der Waals surface area contributed by atoms with Gasteiger partial charge < -0.3 is 4.74 Å². The fraction of sp³-hybridized carbons (Fsp3) is 0.231. The van der Waals surface area contributed by atoms with E-state index >= 15 is 0 Å². The third kappa shape index (κ3) is 4.20. The molecule has 0 aliphatic heterocycles. The predicted molar refractivity (Wildman–Crippen MR) is 89.9 cm³/mol. The standard InChI is InChI=1S/C13H13BrClNO3S2/c1-19-7-6-9-4-2-3-5-11(9)16-21(17,18)12-8-10(15)13(14)20-12/h2-5,8,16H,6-7H2,1H3. The lowest BCUT2D eigenvalue weighted by atomic mass is 10.1. The van der Waals surface area contributed by atoms with Crippen LogP contribution in [-0.4, -0.2) is 22.1 Å². The highest BCUT2D eigenvalue weighted by atomic mass is 79.9. The summed E-state index contributed by atoms with van der Waals surface area (Å²) in [6.07, 6.45) is 0.629. The minimum atomic E-state index is -3.65. The van der Waals surface area contributed by atoms with E-state index in [0.717, 1.165) is 16.9 Å². The zero-order valence-corrected chi connectivity index (χ0v) is 15.1. The van der Waals surface area contributed by atoms with Crippen LogP contribution in [0.4, 0.5) is 5.69 Å². The fourth-order valence-corrected chi connectivity index (χ4v) is 5.20. The van der Waals surface area contributed by atoms with Crippen LogP contribution in [0.5, 0.6) is 0 Å². The first-order chi connectivity index (χ1) is 9.94. The lowest BCUT2D eigenvalue weighted by Gasteiger charge is -2.11. The minimum Gasteiger partial charge on any atom is -0.384 e. The van der Waals surface area contributed by atoms with Gasteiger partial charge in [0.05, 0.1) is 21.1 Å². The molecule has 114 valence electrons. The van der Waals surface area contributed by atoms with E-state index in [2.05, 4.69) is 20.7 Å². The molecule has 0 aliphatic carbocycles. The monoisotopic (exact) mass is 409 g/mol. The summed E-state index contributed by atoms with van der Waals surface area (Å²) in [5.74, 6) is 0. The van der Waals surface area contributed by atoms with Crippen LogP contribution in [0.25, 0.3) is 0 Å². The third-order valence-electron chi connectivity index (χ3n) is 2.72. The lowest BCUT2D eigenvalue weighted by Crippen LogP contribution is -2.13. The second-order valence-electron chi connectivity index (χ2n) is 4.19. The number of halogens is 2. The molecule has 2 rings (SSSR count). The quantitative estimate of drug-likeness (QED) is 0.778. The Morgan fingerprint density at radius 3 is 2.71 bits per heavy atom. The number of para-hydroxylation sites is 1. The molecule has 1 aromatic heterocycles. The molecule has 21 heavy (non-hydrogen) atoms. The van der Waals surface area contributed by atoms with Crippen molar-refractivity contribution >= 4 is 54.6 Å². The minimum absolute atomic E-state index is 0.168. The van der Waals surface area contributed by atoms with E-state index in [1.807, 2.05) is 12.1 Å². The van der Waals surface area contributed by atoms with E-state index in [4.69, 9.17) is 16.3 Å². The van der Waals surface area contributed by atoms with E-state index in [1.165, 1.54) is 6.07 Å². The molecular weight excluding hydrogens is 398 g/mol. The maximum absolute atomic E-state index is 12.4. The summed E-state index contributed by atoms with van der Waals surface area (Å²) in [6.45, 7) is 0.523. The van der Waals surface area contributed by atoms with Crippen LogP contribution >= 0.6 is 38.9 Å². The molecule has 0 spiro atoms. The Balaban J connectivity index is 2.28. The van der Waals surface area contributed by atoms with Gasteiger partial charge in [0, 0.05) is 7.11 Å². The number of ether oxygens (including phenoxy) is 1. The highest BCUT2D eigenvalue weighted by Crippen LogP contribution is 2.35. The molecule has 0 unspecified atom stereocenters. The molecule has 4 nitrogen and oxygen atoms in total. The van der Waals surface area contributed by atoms with Gasteiger partial charge in [-0.05, 0) is 40.0 Å². The number of thiophene rings is 1. The number of sulfonamides is 1. The third-order valence-corrected chi connectivity index (χ3v) is 7.04. The summed E-state index contributed by atoms with van der Waals surface area (Å²) in [5.41, 5.74) is 1.43. The van der Waals surface area contributed by atoms with Gasteiger partial charge in [0.25, 0.3) is 10.0 Å². The van der Waals surface area contributed by atoms with Crippen LogP contribution in [0, 0.1) is 0 Å². The lowest BCUT2D eigenvalue weighted by molar-refractivity contribution is 0.202. The van der Waals surface area contributed by atoms with Crippen molar-refractivity contribution in [2.24, 2.45) is 0 Å². The van der Waals surface area contributed by atoms with Crippen LogP contribution < -0.4 is 4.72 Å². The maximum atomic E-state index is 12.4.